The van der Waals surface area contributed by atoms with Gasteiger partial charge in [-0.1, -0.05) is 5.11 Å². The fraction of sp³-hybridized carbons (Fsp3) is 0.800. The Morgan fingerprint density at radius 2 is 2.14 bits per heavy atom. The molecule has 1 N–H and O–H groups in total. The van der Waals surface area contributed by atoms with Crippen LogP contribution in [0.1, 0.15) is 13.8 Å². The maximum atomic E-state index is 11.1. The van der Waals surface area contributed by atoms with E-state index < -0.39 is 27.8 Å². The average molecular weight is 220 g/mol. The number of azide groups is 1. The van der Waals surface area contributed by atoms with Crippen molar-refractivity contribution in [1.82, 2.24) is 4.31 Å². The SMILES string of the molecule is CC1(C)[C@@H](N=[N+]=[N-])C(=O)N1S(=O)(=O)O. The third-order valence-electron chi connectivity index (χ3n) is 2.02. The molecule has 0 aliphatic carbocycles. The Hall–Kier alpha value is -1.31. The first-order valence-electron chi connectivity index (χ1n) is 3.59. The summed E-state index contributed by atoms with van der Waals surface area (Å²) >= 11 is 0. The quantitative estimate of drug-likeness (QED) is 0.233. The zero-order valence-corrected chi connectivity index (χ0v) is 8.26. The van der Waals surface area contributed by atoms with Crippen molar-refractivity contribution in [3.05, 3.63) is 10.4 Å². The van der Waals surface area contributed by atoms with Crippen LogP contribution >= 0.6 is 0 Å². The molecule has 0 aromatic heterocycles. The maximum absolute atomic E-state index is 11.1. The summed E-state index contributed by atoms with van der Waals surface area (Å²) in [6.07, 6.45) is 0. The molecule has 0 unspecified atom stereocenters. The molecule has 1 aliphatic heterocycles. The molecule has 0 bridgehead atoms. The zero-order valence-electron chi connectivity index (χ0n) is 7.45. The molecule has 14 heavy (non-hydrogen) atoms. The molecule has 8 nitrogen and oxygen atoms in total. The van der Waals surface area contributed by atoms with Gasteiger partial charge in [0.05, 0.1) is 5.54 Å². The van der Waals surface area contributed by atoms with Crippen molar-refractivity contribution in [1.29, 1.82) is 0 Å². The second-order valence-corrected chi connectivity index (χ2v) is 4.60. The molecule has 1 rings (SSSR count). The van der Waals surface area contributed by atoms with Gasteiger partial charge in [-0.3, -0.25) is 9.35 Å². The predicted molar refractivity (Wildman–Crippen MR) is 45.4 cm³/mol. The van der Waals surface area contributed by atoms with Crippen LogP contribution in [-0.2, 0) is 15.1 Å². The minimum atomic E-state index is -4.57. The van der Waals surface area contributed by atoms with Crippen LogP contribution in [0.5, 0.6) is 0 Å². The molecular formula is C5H8N4O4S. The van der Waals surface area contributed by atoms with Crippen molar-refractivity contribution in [2.75, 3.05) is 0 Å². The first-order chi connectivity index (χ1) is 6.23. The van der Waals surface area contributed by atoms with E-state index in [1.54, 1.807) is 0 Å². The van der Waals surface area contributed by atoms with Gasteiger partial charge >= 0.3 is 10.3 Å². The molecule has 1 heterocycles. The molecule has 1 fully saturated rings. The van der Waals surface area contributed by atoms with Gasteiger partial charge < -0.3 is 0 Å². The highest BCUT2D eigenvalue weighted by atomic mass is 32.2. The molecular weight excluding hydrogens is 212 g/mol. The maximum Gasteiger partial charge on any atom is 0.362 e. The summed E-state index contributed by atoms with van der Waals surface area (Å²) in [4.78, 5) is 13.6. The Morgan fingerprint density at radius 3 is 2.43 bits per heavy atom. The number of carbonyl (C=O) groups excluding carboxylic acids is 1. The Balaban J connectivity index is 3.10. The molecule has 0 aromatic rings. The number of hydrogen-bond donors (Lipinski definition) is 1. The summed E-state index contributed by atoms with van der Waals surface area (Å²) in [6.45, 7) is 2.75. The van der Waals surface area contributed by atoms with Crippen LogP contribution in [-0.4, -0.2) is 34.8 Å². The van der Waals surface area contributed by atoms with E-state index in [0.717, 1.165) is 0 Å². The number of hydrogen-bond acceptors (Lipinski definition) is 4. The Kier molecular flexibility index (Phi) is 2.18. The zero-order chi connectivity index (χ0) is 11.1. The molecule has 0 spiro atoms. The number of carbonyl (C=O) groups is 1. The molecule has 1 amide bonds. The van der Waals surface area contributed by atoms with E-state index in [0.29, 0.717) is 4.31 Å². The third kappa shape index (κ3) is 1.31. The van der Waals surface area contributed by atoms with Crippen LogP contribution in [0.3, 0.4) is 0 Å². The lowest BCUT2D eigenvalue weighted by Gasteiger charge is -2.48. The number of β-lactam (4-membered cyclic amide) rings is 1. The minimum absolute atomic E-state index is 0.291. The van der Waals surface area contributed by atoms with Crippen LogP contribution in [0.2, 0.25) is 0 Å². The Morgan fingerprint density at radius 1 is 1.64 bits per heavy atom. The highest BCUT2D eigenvalue weighted by Crippen LogP contribution is 2.36. The lowest BCUT2D eigenvalue weighted by atomic mass is 9.86. The molecule has 1 atom stereocenters. The summed E-state index contributed by atoms with van der Waals surface area (Å²) in [5.74, 6) is -0.921. The number of nitrogens with zero attached hydrogens (tertiary/aromatic N) is 4. The van der Waals surface area contributed by atoms with Gasteiger partial charge in [-0.05, 0) is 19.4 Å². The second kappa shape index (κ2) is 2.84. The van der Waals surface area contributed by atoms with Crippen molar-refractivity contribution in [3.63, 3.8) is 0 Å². The second-order valence-electron chi connectivity index (χ2n) is 3.34. The molecule has 0 saturated carbocycles. The summed E-state index contributed by atoms with van der Waals surface area (Å²) in [6, 6.07) is -1.09. The van der Waals surface area contributed by atoms with Crippen molar-refractivity contribution in [2.45, 2.75) is 25.4 Å². The lowest BCUT2D eigenvalue weighted by molar-refractivity contribution is -0.146. The standard InChI is InChI=1S/C5H8N4O4S/c1-5(2)3(7-8-6)4(10)9(5)14(11,12)13/h3H,1-2H3,(H,11,12,13)/t3-/m0/s1. The van der Waals surface area contributed by atoms with Gasteiger partial charge in [0.1, 0.15) is 6.04 Å². The van der Waals surface area contributed by atoms with E-state index >= 15 is 0 Å². The van der Waals surface area contributed by atoms with Crippen LogP contribution in [0, 0.1) is 0 Å². The van der Waals surface area contributed by atoms with Crippen LogP contribution in [0.25, 0.3) is 10.4 Å². The summed E-state index contributed by atoms with van der Waals surface area (Å²) in [5.41, 5.74) is 6.90. The van der Waals surface area contributed by atoms with Gasteiger partial charge in [-0.25, -0.2) is 4.31 Å². The van der Waals surface area contributed by atoms with E-state index in [-0.39, 0.29) is 0 Å². The smallest absolute Gasteiger partial charge is 0.273 e. The fourth-order valence-corrected chi connectivity index (χ4v) is 2.42. The fourth-order valence-electron chi connectivity index (χ4n) is 1.40. The molecule has 1 aliphatic rings. The van der Waals surface area contributed by atoms with Gasteiger partial charge in [-0.15, -0.1) is 0 Å². The van der Waals surface area contributed by atoms with Gasteiger partial charge in [0.15, 0.2) is 0 Å². The Labute approximate surface area is 80.0 Å². The molecule has 1 saturated heterocycles. The molecule has 0 aromatic carbocycles. The van der Waals surface area contributed by atoms with Crippen molar-refractivity contribution >= 4 is 16.2 Å². The minimum Gasteiger partial charge on any atom is -0.273 e. The van der Waals surface area contributed by atoms with Gasteiger partial charge in [0, 0.05) is 4.91 Å². The molecule has 78 valence electrons. The van der Waals surface area contributed by atoms with E-state index in [4.69, 9.17) is 10.1 Å². The largest absolute Gasteiger partial charge is 0.362 e. The van der Waals surface area contributed by atoms with Crippen LogP contribution in [0.15, 0.2) is 5.11 Å². The third-order valence-corrected chi connectivity index (χ3v) is 3.14. The summed E-state index contributed by atoms with van der Waals surface area (Å²) in [5, 5.41) is 3.14. The van der Waals surface area contributed by atoms with E-state index in [9.17, 15) is 13.2 Å². The molecule has 9 heteroatoms. The van der Waals surface area contributed by atoms with Gasteiger partial charge in [0.25, 0.3) is 0 Å². The van der Waals surface area contributed by atoms with E-state index in [1.165, 1.54) is 13.8 Å². The van der Waals surface area contributed by atoms with Crippen molar-refractivity contribution in [2.24, 2.45) is 5.11 Å². The monoisotopic (exact) mass is 220 g/mol. The normalized spacial score (nSPS) is 25.2. The Bertz CT molecular complexity index is 421. The number of rotatable bonds is 2. The predicted octanol–water partition coefficient (Wildman–Crippen LogP) is 0.0889. The van der Waals surface area contributed by atoms with Crippen molar-refractivity contribution in [3.8, 4) is 0 Å². The van der Waals surface area contributed by atoms with Crippen molar-refractivity contribution < 1.29 is 17.8 Å². The highest BCUT2D eigenvalue weighted by Gasteiger charge is 2.58. The summed E-state index contributed by atoms with van der Waals surface area (Å²) in [7, 11) is -4.57. The highest BCUT2D eigenvalue weighted by molar-refractivity contribution is 7.84. The topological polar surface area (TPSA) is 123 Å². The first-order valence-corrected chi connectivity index (χ1v) is 4.98. The van der Waals surface area contributed by atoms with E-state index in [2.05, 4.69) is 10.0 Å². The van der Waals surface area contributed by atoms with Gasteiger partial charge in [0.2, 0.25) is 5.91 Å². The lowest BCUT2D eigenvalue weighted by Crippen LogP contribution is -2.71. The van der Waals surface area contributed by atoms with Gasteiger partial charge in [-0.2, -0.15) is 8.42 Å². The summed E-state index contributed by atoms with van der Waals surface area (Å²) < 4.78 is 30.4. The van der Waals surface area contributed by atoms with Crippen LogP contribution in [0.4, 0.5) is 0 Å². The molecule has 0 radical (unpaired) electrons. The average Bonchev–Trinajstić information content (AvgIpc) is 1.96. The first kappa shape index (κ1) is 10.8. The van der Waals surface area contributed by atoms with Crippen LogP contribution < -0.4 is 0 Å². The number of amides is 1. The van der Waals surface area contributed by atoms with E-state index in [1.807, 2.05) is 0 Å².